The van der Waals surface area contributed by atoms with Crippen molar-refractivity contribution in [2.45, 2.75) is 105 Å². The van der Waals surface area contributed by atoms with E-state index in [1.165, 1.54) is 70.8 Å². The van der Waals surface area contributed by atoms with Gasteiger partial charge in [-0.25, -0.2) is 0 Å². The van der Waals surface area contributed by atoms with Gasteiger partial charge >= 0.3 is 5.97 Å². The lowest BCUT2D eigenvalue weighted by molar-refractivity contribution is -0.144. The van der Waals surface area contributed by atoms with Gasteiger partial charge in [-0.3, -0.25) is 9.69 Å². The van der Waals surface area contributed by atoms with Crippen molar-refractivity contribution in [1.82, 2.24) is 9.80 Å². The van der Waals surface area contributed by atoms with E-state index in [4.69, 9.17) is 4.74 Å². The van der Waals surface area contributed by atoms with Crippen LogP contribution in [0.25, 0.3) is 0 Å². The Morgan fingerprint density at radius 3 is 2.38 bits per heavy atom. The molecule has 4 nitrogen and oxygen atoms in total. The fraction of sp³-hybridized carbons (Fsp3) is 0.618. The highest BCUT2D eigenvalue weighted by molar-refractivity contribution is 7.99. The molecular formula is C34H50N2O2S2. The first kappa shape index (κ1) is 31.5. The predicted octanol–water partition coefficient (Wildman–Crippen LogP) is 8.63. The number of benzene rings is 2. The van der Waals surface area contributed by atoms with Crippen LogP contribution in [0.1, 0.15) is 94.7 Å². The molecule has 1 saturated heterocycles. The van der Waals surface area contributed by atoms with Crippen molar-refractivity contribution in [3.05, 3.63) is 53.6 Å². The van der Waals surface area contributed by atoms with Crippen molar-refractivity contribution >= 4 is 29.5 Å². The largest absolute Gasteiger partial charge is 0.466 e. The zero-order chi connectivity index (χ0) is 28.0. The van der Waals surface area contributed by atoms with Gasteiger partial charge in [-0.2, -0.15) is 0 Å². The predicted molar refractivity (Wildman–Crippen MR) is 171 cm³/mol. The van der Waals surface area contributed by atoms with Crippen LogP contribution in [0, 0.1) is 0 Å². The summed E-state index contributed by atoms with van der Waals surface area (Å²) in [5, 5.41) is 0. The monoisotopic (exact) mass is 582 g/mol. The van der Waals surface area contributed by atoms with E-state index in [9.17, 15) is 4.79 Å². The van der Waals surface area contributed by atoms with Gasteiger partial charge in [-0.05, 0) is 60.9 Å². The van der Waals surface area contributed by atoms with Crippen LogP contribution in [-0.4, -0.2) is 61.4 Å². The Labute approximate surface area is 252 Å². The summed E-state index contributed by atoms with van der Waals surface area (Å²) in [5.74, 6) is -0.0115. The van der Waals surface area contributed by atoms with Crippen LogP contribution in [0.2, 0.25) is 0 Å². The lowest BCUT2D eigenvalue weighted by Crippen LogP contribution is -2.48. The summed E-state index contributed by atoms with van der Waals surface area (Å²) in [6, 6.07) is 16.4. The van der Waals surface area contributed by atoms with Gasteiger partial charge in [-0.1, -0.05) is 88.3 Å². The molecule has 0 aromatic heterocycles. The van der Waals surface area contributed by atoms with E-state index in [1.54, 1.807) is 0 Å². The molecule has 6 heteroatoms. The van der Waals surface area contributed by atoms with Crippen LogP contribution < -0.4 is 0 Å². The molecule has 2 heterocycles. The molecule has 0 saturated carbocycles. The molecule has 0 aliphatic carbocycles. The normalized spacial score (nSPS) is 17.7. The van der Waals surface area contributed by atoms with Gasteiger partial charge < -0.3 is 9.64 Å². The molecule has 2 aliphatic rings. The molecule has 0 radical (unpaired) electrons. The highest BCUT2D eigenvalue weighted by Gasteiger charge is 2.30. The van der Waals surface area contributed by atoms with Crippen LogP contribution >= 0.6 is 23.5 Å². The fourth-order valence-corrected chi connectivity index (χ4v) is 7.53. The first-order valence-corrected chi connectivity index (χ1v) is 17.8. The third-order valence-corrected chi connectivity index (χ3v) is 10.3. The average Bonchev–Trinajstić information content (AvgIpc) is 3.15. The number of fused-ring (bicyclic) bond motifs is 2. The molecule has 220 valence electrons. The van der Waals surface area contributed by atoms with Crippen LogP contribution in [0.3, 0.4) is 0 Å². The van der Waals surface area contributed by atoms with Gasteiger partial charge in [0.25, 0.3) is 0 Å². The summed E-state index contributed by atoms with van der Waals surface area (Å²) in [7, 11) is 0. The van der Waals surface area contributed by atoms with E-state index < -0.39 is 0 Å². The molecule has 0 amide bonds. The van der Waals surface area contributed by atoms with E-state index in [0.717, 1.165) is 58.4 Å². The summed E-state index contributed by atoms with van der Waals surface area (Å²) in [6.07, 6.45) is 16.2. The minimum absolute atomic E-state index is 0.0115. The number of piperazine rings is 1. The smallest absolute Gasteiger partial charge is 0.305 e. The van der Waals surface area contributed by atoms with Crippen LogP contribution in [0.5, 0.6) is 0 Å². The number of carbonyl (C=O) groups is 1. The van der Waals surface area contributed by atoms with Crippen LogP contribution in [-0.2, 0) is 16.0 Å². The number of ether oxygens (including phenoxy) is 1. The highest BCUT2D eigenvalue weighted by atomic mass is 32.2. The second-order valence-electron chi connectivity index (χ2n) is 11.4. The van der Waals surface area contributed by atoms with Gasteiger partial charge in [0, 0.05) is 59.9 Å². The van der Waals surface area contributed by atoms with E-state index >= 15 is 0 Å². The number of esters is 1. The van der Waals surface area contributed by atoms with Crippen molar-refractivity contribution in [1.29, 1.82) is 0 Å². The average molecular weight is 583 g/mol. The SMILES string of the molecule is CCCCCCCCCCCC(=O)OCCCN1CCN(C2Cc3ccccc3Sc3ccc(SC)cc32)CC1. The molecule has 1 unspecified atom stereocenters. The molecule has 0 N–H and O–H groups in total. The molecular weight excluding hydrogens is 533 g/mol. The van der Waals surface area contributed by atoms with E-state index in [-0.39, 0.29) is 5.97 Å². The van der Waals surface area contributed by atoms with Crippen molar-refractivity contribution in [3.8, 4) is 0 Å². The van der Waals surface area contributed by atoms with E-state index in [1.807, 2.05) is 23.5 Å². The number of unbranched alkanes of at least 4 members (excludes halogenated alkanes) is 8. The molecule has 0 bridgehead atoms. The minimum atomic E-state index is -0.0115. The molecule has 40 heavy (non-hydrogen) atoms. The molecule has 1 fully saturated rings. The first-order valence-electron chi connectivity index (χ1n) is 15.7. The molecule has 2 aliphatic heterocycles. The molecule has 2 aromatic rings. The summed E-state index contributed by atoms with van der Waals surface area (Å²) < 4.78 is 5.55. The van der Waals surface area contributed by atoms with Crippen molar-refractivity contribution in [3.63, 3.8) is 0 Å². The maximum absolute atomic E-state index is 12.1. The zero-order valence-electron chi connectivity index (χ0n) is 24.9. The fourth-order valence-electron chi connectivity index (χ4n) is 5.97. The standard InChI is InChI=1S/C34H50N2O2S2/c1-3-4-5-6-7-8-9-10-11-17-34(37)38-25-14-20-35-21-23-36(24-22-35)31-26-28-15-12-13-16-32(28)40-33-19-18-29(39-2)27-30(31)33/h12-13,15-16,18-19,27,31H,3-11,14,17,20-26H2,1-2H3. The van der Waals surface area contributed by atoms with Crippen LogP contribution in [0.15, 0.2) is 57.2 Å². The van der Waals surface area contributed by atoms with Gasteiger partial charge in [0.1, 0.15) is 0 Å². The van der Waals surface area contributed by atoms with E-state index in [2.05, 4.69) is 65.4 Å². The number of hydrogen-bond donors (Lipinski definition) is 0. The highest BCUT2D eigenvalue weighted by Crippen LogP contribution is 2.44. The maximum atomic E-state index is 12.1. The number of hydrogen-bond acceptors (Lipinski definition) is 6. The number of thioether (sulfide) groups is 1. The molecule has 1 atom stereocenters. The minimum Gasteiger partial charge on any atom is -0.466 e. The number of carbonyl (C=O) groups excluding carboxylic acids is 1. The topological polar surface area (TPSA) is 32.8 Å². The van der Waals surface area contributed by atoms with Crippen molar-refractivity contribution < 1.29 is 9.53 Å². The molecule has 0 spiro atoms. The van der Waals surface area contributed by atoms with Crippen LogP contribution in [0.4, 0.5) is 0 Å². The van der Waals surface area contributed by atoms with Crippen molar-refractivity contribution in [2.75, 3.05) is 45.6 Å². The quantitative estimate of drug-likeness (QED) is 0.112. The second kappa shape index (κ2) is 17.5. The lowest BCUT2D eigenvalue weighted by Gasteiger charge is -2.39. The summed E-state index contributed by atoms with van der Waals surface area (Å²) in [4.78, 5) is 21.5. The van der Waals surface area contributed by atoms with Gasteiger partial charge in [0.2, 0.25) is 0 Å². The lowest BCUT2D eigenvalue weighted by atomic mass is 9.96. The Morgan fingerprint density at radius 1 is 0.900 bits per heavy atom. The number of nitrogens with zero attached hydrogens (tertiary/aromatic N) is 2. The molecule has 2 aromatic carbocycles. The summed E-state index contributed by atoms with van der Waals surface area (Å²) >= 11 is 3.76. The van der Waals surface area contributed by atoms with Crippen molar-refractivity contribution in [2.24, 2.45) is 0 Å². The Hall–Kier alpha value is -1.47. The molecule has 4 rings (SSSR count). The number of rotatable bonds is 16. The van der Waals surface area contributed by atoms with Gasteiger partial charge in [0.05, 0.1) is 6.61 Å². The second-order valence-corrected chi connectivity index (χ2v) is 13.3. The van der Waals surface area contributed by atoms with E-state index in [0.29, 0.717) is 19.1 Å². The summed E-state index contributed by atoms with van der Waals surface area (Å²) in [6.45, 7) is 8.15. The zero-order valence-corrected chi connectivity index (χ0v) is 26.5. The Balaban J connectivity index is 1.14. The maximum Gasteiger partial charge on any atom is 0.305 e. The Kier molecular flexibility index (Phi) is 13.7. The van der Waals surface area contributed by atoms with Gasteiger partial charge in [-0.15, -0.1) is 11.8 Å². The summed E-state index contributed by atoms with van der Waals surface area (Å²) in [5.41, 5.74) is 2.95. The first-order chi connectivity index (χ1) is 19.7. The third-order valence-electron chi connectivity index (χ3n) is 8.40. The third kappa shape index (κ3) is 9.82. The Morgan fingerprint density at radius 2 is 1.62 bits per heavy atom. The van der Waals surface area contributed by atoms with Gasteiger partial charge in [0.15, 0.2) is 0 Å². The Bertz CT molecular complexity index is 1040.